The van der Waals surface area contributed by atoms with Crippen LogP contribution in [0.3, 0.4) is 0 Å². The van der Waals surface area contributed by atoms with E-state index in [2.05, 4.69) is 10.2 Å². The lowest BCUT2D eigenvalue weighted by Gasteiger charge is -2.48. The number of nitrogens with one attached hydrogen (secondary N) is 1. The van der Waals surface area contributed by atoms with E-state index in [9.17, 15) is 14.3 Å². The molecule has 0 spiro atoms. The average molecular weight is 584 g/mol. The molecule has 0 aliphatic carbocycles. The van der Waals surface area contributed by atoms with Gasteiger partial charge >= 0.3 is 6.03 Å². The van der Waals surface area contributed by atoms with E-state index in [0.29, 0.717) is 52.7 Å². The Morgan fingerprint density at radius 3 is 2.44 bits per heavy atom. The number of likely N-dealkylation sites (N-methyl/N-ethyl adjacent to an activating group) is 1. The molecule has 2 amide bonds. The Bertz CT molecular complexity index is 1430. The number of aliphatic hydroxyl groups is 1. The molecule has 3 atom stereocenters. The van der Waals surface area contributed by atoms with Crippen LogP contribution in [0.2, 0.25) is 5.02 Å². The van der Waals surface area contributed by atoms with Crippen LogP contribution in [0.25, 0.3) is 0 Å². The number of benzene rings is 3. The van der Waals surface area contributed by atoms with Gasteiger partial charge in [0.2, 0.25) is 0 Å². The Morgan fingerprint density at radius 2 is 1.85 bits per heavy atom. The molecular formula is C31H35ClFN3O5. The first-order chi connectivity index (χ1) is 19.6. The third-order valence-electron chi connectivity index (χ3n) is 8.25. The Labute approximate surface area is 244 Å². The Balaban J connectivity index is 1.74. The van der Waals surface area contributed by atoms with Crippen molar-refractivity contribution in [2.24, 2.45) is 0 Å². The van der Waals surface area contributed by atoms with Crippen LogP contribution in [0.4, 0.5) is 9.18 Å². The fraction of sp³-hybridized carbons (Fsp3) is 0.387. The zero-order chi connectivity index (χ0) is 29.5. The molecule has 2 aliphatic rings. The third kappa shape index (κ3) is 4.66. The lowest BCUT2D eigenvalue weighted by Crippen LogP contribution is -2.66. The molecule has 2 aliphatic heterocycles. The number of halogens is 2. The minimum absolute atomic E-state index is 0.257. The van der Waals surface area contributed by atoms with Crippen LogP contribution in [0.1, 0.15) is 30.0 Å². The number of carbonyl (C=O) groups is 1. The zero-order valence-corrected chi connectivity index (χ0v) is 24.5. The minimum Gasteiger partial charge on any atom is -0.496 e. The molecule has 41 heavy (non-hydrogen) atoms. The number of hydrogen-bond acceptors (Lipinski definition) is 6. The summed E-state index contributed by atoms with van der Waals surface area (Å²) in [5.74, 6) is 0.529. The second-order valence-corrected chi connectivity index (χ2v) is 11.1. The highest BCUT2D eigenvalue weighted by Gasteiger charge is 2.67. The van der Waals surface area contributed by atoms with Gasteiger partial charge in [-0.25, -0.2) is 9.18 Å². The Kier molecular flexibility index (Phi) is 7.80. The molecule has 1 fully saturated rings. The molecule has 10 heteroatoms. The number of carbonyl (C=O) groups excluding carboxylic acids is 1. The van der Waals surface area contributed by atoms with E-state index < -0.39 is 23.1 Å². The van der Waals surface area contributed by atoms with Crippen molar-refractivity contribution >= 4 is 17.6 Å². The highest BCUT2D eigenvalue weighted by Crippen LogP contribution is 2.61. The van der Waals surface area contributed by atoms with Crippen molar-refractivity contribution in [2.45, 2.75) is 36.6 Å². The van der Waals surface area contributed by atoms with Crippen molar-refractivity contribution in [2.75, 3.05) is 41.4 Å². The Morgan fingerprint density at radius 1 is 1.15 bits per heavy atom. The van der Waals surface area contributed by atoms with Gasteiger partial charge in [0.05, 0.1) is 25.8 Å². The molecule has 0 radical (unpaired) electrons. The molecular weight excluding hydrogens is 549 g/mol. The summed E-state index contributed by atoms with van der Waals surface area (Å²) in [6.07, 6.45) is 0.315. The largest absolute Gasteiger partial charge is 0.496 e. The highest BCUT2D eigenvalue weighted by atomic mass is 35.5. The molecule has 3 aromatic rings. The van der Waals surface area contributed by atoms with Gasteiger partial charge in [0.25, 0.3) is 0 Å². The second-order valence-electron chi connectivity index (χ2n) is 10.7. The summed E-state index contributed by atoms with van der Waals surface area (Å²) >= 11 is 6.27. The predicted octanol–water partition coefficient (Wildman–Crippen LogP) is 4.75. The van der Waals surface area contributed by atoms with E-state index >= 15 is 0 Å². The number of ether oxygens (including phenoxy) is 3. The van der Waals surface area contributed by atoms with Crippen molar-refractivity contribution in [3.05, 3.63) is 88.2 Å². The molecule has 0 aromatic heterocycles. The van der Waals surface area contributed by atoms with Gasteiger partial charge in [-0.15, -0.1) is 0 Å². The van der Waals surface area contributed by atoms with E-state index in [4.69, 9.17) is 25.8 Å². The summed E-state index contributed by atoms with van der Waals surface area (Å²) in [6, 6.07) is 15.1. The van der Waals surface area contributed by atoms with Gasteiger partial charge in [-0.2, -0.15) is 0 Å². The maximum Gasteiger partial charge on any atom is 0.317 e. The predicted molar refractivity (Wildman–Crippen MR) is 154 cm³/mol. The summed E-state index contributed by atoms with van der Waals surface area (Å²) in [5.41, 5.74) is -2.50. The molecule has 1 saturated heterocycles. The molecule has 3 aromatic carbocycles. The minimum atomic E-state index is -1.97. The quantitative estimate of drug-likeness (QED) is 0.398. The summed E-state index contributed by atoms with van der Waals surface area (Å²) in [7, 11) is 6.96. The third-order valence-corrected chi connectivity index (χ3v) is 8.50. The second kappa shape index (κ2) is 11.0. The van der Waals surface area contributed by atoms with E-state index in [1.807, 2.05) is 21.0 Å². The van der Waals surface area contributed by atoms with Crippen molar-refractivity contribution in [3.63, 3.8) is 0 Å². The SMILES string of the molecule is CC[C@H](NC(=O)N1CC(N(C)C)C1)[C@@]1(O)c2c(OC)cc(OC)cc2O[C@@]1(c1ccc(Cl)cc1)c1cccc(F)c1. The van der Waals surface area contributed by atoms with Gasteiger partial charge in [-0.3, -0.25) is 0 Å². The zero-order valence-electron chi connectivity index (χ0n) is 23.8. The topological polar surface area (TPSA) is 83.5 Å². The number of methoxy groups -OCH3 is 2. The van der Waals surface area contributed by atoms with E-state index in [-0.39, 0.29) is 17.8 Å². The number of fused-ring (bicyclic) bond motifs is 1. The smallest absolute Gasteiger partial charge is 0.317 e. The van der Waals surface area contributed by atoms with Gasteiger partial charge in [-0.05, 0) is 44.8 Å². The maximum atomic E-state index is 14.9. The Hall–Kier alpha value is -3.53. The number of hydrogen-bond donors (Lipinski definition) is 2. The number of urea groups is 1. The number of likely N-dealkylation sites (tertiary alicyclic amines) is 1. The molecule has 8 nitrogen and oxygen atoms in total. The molecule has 0 unspecified atom stereocenters. The number of nitrogens with zero attached hydrogens (tertiary/aromatic N) is 2. The summed E-state index contributed by atoms with van der Waals surface area (Å²) < 4.78 is 32.9. The molecule has 0 bridgehead atoms. The van der Waals surface area contributed by atoms with E-state index in [1.54, 1.807) is 53.4 Å². The van der Waals surface area contributed by atoms with Gasteiger partial charge < -0.3 is 34.4 Å². The lowest BCUT2D eigenvalue weighted by molar-refractivity contribution is -0.120. The monoisotopic (exact) mass is 583 g/mol. The van der Waals surface area contributed by atoms with E-state index in [0.717, 1.165) is 0 Å². The van der Waals surface area contributed by atoms with Crippen molar-refractivity contribution in [3.8, 4) is 17.2 Å². The van der Waals surface area contributed by atoms with Crippen molar-refractivity contribution < 1.29 is 28.5 Å². The van der Waals surface area contributed by atoms with Crippen LogP contribution in [-0.2, 0) is 11.2 Å². The van der Waals surface area contributed by atoms with Crippen molar-refractivity contribution in [1.82, 2.24) is 15.1 Å². The first-order valence-corrected chi connectivity index (χ1v) is 13.9. The van der Waals surface area contributed by atoms with Crippen LogP contribution >= 0.6 is 11.6 Å². The number of amides is 2. The fourth-order valence-corrected chi connectivity index (χ4v) is 6.07. The maximum absolute atomic E-state index is 14.9. The van der Waals surface area contributed by atoms with E-state index in [1.165, 1.54) is 26.4 Å². The lowest BCUT2D eigenvalue weighted by atomic mass is 9.66. The molecule has 5 rings (SSSR count). The first kappa shape index (κ1) is 29.0. The summed E-state index contributed by atoms with van der Waals surface area (Å²) in [5, 5.41) is 16.8. The number of rotatable bonds is 8. The molecule has 2 N–H and O–H groups in total. The molecule has 0 saturated carbocycles. The van der Waals surface area contributed by atoms with Gasteiger partial charge in [0.15, 0.2) is 11.2 Å². The van der Waals surface area contributed by atoms with Crippen LogP contribution in [0, 0.1) is 5.82 Å². The van der Waals surface area contributed by atoms with Crippen LogP contribution < -0.4 is 19.5 Å². The fourth-order valence-electron chi connectivity index (χ4n) is 5.95. The molecule has 2 heterocycles. The molecule has 218 valence electrons. The van der Waals surface area contributed by atoms with Gasteiger partial charge in [-0.1, -0.05) is 42.8 Å². The van der Waals surface area contributed by atoms with Gasteiger partial charge in [0, 0.05) is 47.4 Å². The summed E-state index contributed by atoms with van der Waals surface area (Å²) in [6.45, 7) is 2.99. The van der Waals surface area contributed by atoms with Crippen LogP contribution in [0.15, 0.2) is 60.7 Å². The first-order valence-electron chi connectivity index (χ1n) is 13.5. The standard InChI is InChI=1S/C31H35ClFN3O5/c1-6-27(34-29(37)36-17-23(18-36)35(2)3)30(38)28-25(40-5)15-24(39-4)16-26(28)41-31(30,19-10-12-21(32)13-11-19)20-8-7-9-22(33)14-20/h7-16,23,27,38H,6,17-18H2,1-5H3,(H,34,37)/t27-,30+,31-/m0/s1. The van der Waals surface area contributed by atoms with Crippen LogP contribution in [0.5, 0.6) is 17.2 Å². The summed E-state index contributed by atoms with van der Waals surface area (Å²) in [4.78, 5) is 17.3. The normalized spacial score (nSPS) is 22.5. The average Bonchev–Trinajstić information content (AvgIpc) is 3.20. The van der Waals surface area contributed by atoms with Crippen LogP contribution in [-0.4, -0.2) is 74.4 Å². The van der Waals surface area contributed by atoms with Gasteiger partial charge in [0.1, 0.15) is 23.1 Å². The highest BCUT2D eigenvalue weighted by molar-refractivity contribution is 6.30. The van der Waals surface area contributed by atoms with Crippen molar-refractivity contribution in [1.29, 1.82) is 0 Å².